The number of nitrogens with zero attached hydrogens (tertiary/aromatic N) is 1. The van der Waals surface area contributed by atoms with Crippen LogP contribution in [-0.4, -0.2) is 12.6 Å². The minimum absolute atomic E-state index is 0.175. The number of isocyanates is 1. The second kappa shape index (κ2) is 4.44. The summed E-state index contributed by atoms with van der Waals surface area (Å²) in [6.07, 6.45) is 1.09. The van der Waals surface area contributed by atoms with E-state index in [-0.39, 0.29) is 5.56 Å². The molecular weight excluding hydrogens is 256 g/mol. The Hall–Kier alpha value is -1.06. The van der Waals surface area contributed by atoms with Crippen molar-refractivity contribution in [2.24, 2.45) is 4.99 Å². The zero-order valence-corrected chi connectivity index (χ0v) is 8.59. The van der Waals surface area contributed by atoms with Gasteiger partial charge in [0.05, 0.1) is 0 Å². The molecule has 0 amide bonds. The molecule has 0 atom stereocenters. The van der Waals surface area contributed by atoms with E-state index in [9.17, 15) is 13.6 Å². The van der Waals surface area contributed by atoms with Crippen LogP contribution in [-0.2, 0) is 10.7 Å². The number of hydrogen-bond donors (Lipinski definition) is 0. The van der Waals surface area contributed by atoms with Gasteiger partial charge in [0.1, 0.15) is 6.54 Å². The monoisotopic (exact) mass is 261 g/mol. The lowest BCUT2D eigenvalue weighted by molar-refractivity contribution is 0.00649. The summed E-state index contributed by atoms with van der Waals surface area (Å²) < 4.78 is 27.0. The lowest BCUT2D eigenvalue weighted by Gasteiger charge is -2.13. The van der Waals surface area contributed by atoms with Gasteiger partial charge in [-0.1, -0.05) is 28.1 Å². The molecule has 14 heavy (non-hydrogen) atoms. The lowest BCUT2D eigenvalue weighted by atomic mass is 10.1. The number of rotatable bonds is 3. The van der Waals surface area contributed by atoms with Crippen molar-refractivity contribution in [3.8, 4) is 0 Å². The van der Waals surface area contributed by atoms with Gasteiger partial charge in [0.15, 0.2) is 0 Å². The second-order valence-corrected chi connectivity index (χ2v) is 3.54. The highest BCUT2D eigenvalue weighted by molar-refractivity contribution is 9.10. The Balaban J connectivity index is 2.96. The molecule has 0 unspecified atom stereocenters. The van der Waals surface area contributed by atoms with Gasteiger partial charge in [0.25, 0.3) is 5.92 Å². The van der Waals surface area contributed by atoms with Crippen LogP contribution < -0.4 is 0 Å². The van der Waals surface area contributed by atoms with Crippen molar-refractivity contribution in [2.75, 3.05) is 6.54 Å². The average molecular weight is 262 g/mol. The Kier molecular flexibility index (Phi) is 3.49. The molecule has 0 heterocycles. The molecule has 1 rings (SSSR count). The minimum atomic E-state index is -3.12. The van der Waals surface area contributed by atoms with Gasteiger partial charge in [-0.3, -0.25) is 0 Å². The maximum absolute atomic E-state index is 13.2. The van der Waals surface area contributed by atoms with E-state index < -0.39 is 12.5 Å². The first kappa shape index (κ1) is 11.0. The molecular formula is C9H6BrF2NO. The van der Waals surface area contributed by atoms with Crippen molar-refractivity contribution < 1.29 is 13.6 Å². The third-order valence-corrected chi connectivity index (χ3v) is 2.08. The molecule has 0 aliphatic heterocycles. The third-order valence-electron chi connectivity index (χ3n) is 1.59. The highest BCUT2D eigenvalue weighted by Crippen LogP contribution is 2.29. The zero-order chi connectivity index (χ0) is 10.6. The minimum Gasteiger partial charge on any atom is -0.211 e. The lowest BCUT2D eigenvalue weighted by Crippen LogP contribution is -2.17. The maximum Gasteiger partial charge on any atom is 0.293 e. The van der Waals surface area contributed by atoms with E-state index >= 15 is 0 Å². The molecule has 1 aromatic carbocycles. The zero-order valence-electron chi connectivity index (χ0n) is 7.01. The molecule has 1 aromatic rings. The first-order valence-corrected chi connectivity index (χ1v) is 4.53. The number of carbonyl (C=O) groups excluding carboxylic acids is 1. The smallest absolute Gasteiger partial charge is 0.211 e. The predicted octanol–water partition coefficient (Wildman–Crippen LogP) is 2.88. The van der Waals surface area contributed by atoms with Crippen LogP contribution in [0.15, 0.2) is 33.7 Å². The molecule has 0 aliphatic rings. The molecule has 0 aromatic heterocycles. The molecule has 0 bridgehead atoms. The van der Waals surface area contributed by atoms with Crippen molar-refractivity contribution in [1.29, 1.82) is 0 Å². The number of hydrogen-bond acceptors (Lipinski definition) is 2. The van der Waals surface area contributed by atoms with Gasteiger partial charge in [-0.15, -0.1) is 0 Å². The van der Waals surface area contributed by atoms with E-state index in [0.717, 1.165) is 6.08 Å². The van der Waals surface area contributed by atoms with Crippen LogP contribution in [0.4, 0.5) is 8.78 Å². The molecule has 0 radical (unpaired) electrons. The fourth-order valence-corrected chi connectivity index (χ4v) is 1.34. The molecule has 0 fully saturated rings. The Morgan fingerprint density at radius 3 is 2.79 bits per heavy atom. The van der Waals surface area contributed by atoms with Crippen LogP contribution in [0.1, 0.15) is 5.56 Å². The molecule has 0 saturated carbocycles. The standard InChI is InChI=1S/C9H6BrF2NO/c10-8-3-1-2-7(4-8)9(11,12)5-13-6-14/h1-4H,5H2. The second-order valence-electron chi connectivity index (χ2n) is 2.62. The molecule has 0 N–H and O–H groups in total. The third kappa shape index (κ3) is 2.72. The highest BCUT2D eigenvalue weighted by Gasteiger charge is 2.31. The Bertz CT molecular complexity index is 375. The van der Waals surface area contributed by atoms with Gasteiger partial charge in [-0.05, 0) is 12.1 Å². The summed E-state index contributed by atoms with van der Waals surface area (Å²) in [5, 5.41) is 0. The summed E-state index contributed by atoms with van der Waals surface area (Å²) in [5.74, 6) is -3.12. The van der Waals surface area contributed by atoms with E-state index in [1.54, 1.807) is 6.07 Å². The van der Waals surface area contributed by atoms with Gasteiger partial charge in [0.2, 0.25) is 6.08 Å². The molecule has 0 aliphatic carbocycles. The molecule has 74 valence electrons. The van der Waals surface area contributed by atoms with Crippen molar-refractivity contribution in [3.05, 3.63) is 34.3 Å². The summed E-state index contributed by atoms with van der Waals surface area (Å²) in [6, 6.07) is 5.71. The Labute approximate surface area is 87.8 Å². The SMILES string of the molecule is O=C=NCC(F)(F)c1cccc(Br)c1. The summed E-state index contributed by atoms with van der Waals surface area (Å²) in [7, 11) is 0. The van der Waals surface area contributed by atoms with E-state index in [2.05, 4.69) is 20.9 Å². The van der Waals surface area contributed by atoms with E-state index in [1.807, 2.05) is 0 Å². The van der Waals surface area contributed by atoms with Gasteiger partial charge < -0.3 is 0 Å². The Morgan fingerprint density at radius 2 is 2.21 bits per heavy atom. The number of halogens is 3. The number of alkyl halides is 2. The van der Waals surface area contributed by atoms with Crippen molar-refractivity contribution in [3.63, 3.8) is 0 Å². The van der Waals surface area contributed by atoms with Crippen molar-refractivity contribution in [1.82, 2.24) is 0 Å². The van der Waals surface area contributed by atoms with Crippen molar-refractivity contribution in [2.45, 2.75) is 5.92 Å². The van der Waals surface area contributed by atoms with Gasteiger partial charge in [-0.25, -0.2) is 4.79 Å². The normalized spacial score (nSPS) is 10.8. The van der Waals surface area contributed by atoms with Crippen LogP contribution in [0.2, 0.25) is 0 Å². The van der Waals surface area contributed by atoms with E-state index in [4.69, 9.17) is 0 Å². The van der Waals surface area contributed by atoms with Crippen LogP contribution in [0.3, 0.4) is 0 Å². The van der Waals surface area contributed by atoms with Crippen LogP contribution >= 0.6 is 15.9 Å². The van der Waals surface area contributed by atoms with Gasteiger partial charge in [-0.2, -0.15) is 13.8 Å². The molecule has 0 saturated heterocycles. The maximum atomic E-state index is 13.2. The van der Waals surface area contributed by atoms with Crippen LogP contribution in [0.5, 0.6) is 0 Å². The number of aliphatic imine (C=N–C) groups is 1. The van der Waals surface area contributed by atoms with Crippen molar-refractivity contribution >= 4 is 22.0 Å². The van der Waals surface area contributed by atoms with E-state index in [1.165, 1.54) is 18.2 Å². The molecule has 2 nitrogen and oxygen atoms in total. The summed E-state index contributed by atoms with van der Waals surface area (Å²) in [5.41, 5.74) is -0.175. The number of benzene rings is 1. The largest absolute Gasteiger partial charge is 0.293 e. The van der Waals surface area contributed by atoms with Gasteiger partial charge in [0, 0.05) is 10.0 Å². The summed E-state index contributed by atoms with van der Waals surface area (Å²) in [4.78, 5) is 12.6. The highest BCUT2D eigenvalue weighted by atomic mass is 79.9. The Morgan fingerprint density at radius 1 is 1.50 bits per heavy atom. The molecule has 0 spiro atoms. The summed E-state index contributed by atoms with van der Waals surface area (Å²) in [6.45, 7) is -0.868. The average Bonchev–Trinajstić information content (AvgIpc) is 2.15. The van der Waals surface area contributed by atoms with Gasteiger partial charge >= 0.3 is 0 Å². The van der Waals surface area contributed by atoms with Crippen LogP contribution in [0.25, 0.3) is 0 Å². The first-order valence-electron chi connectivity index (χ1n) is 3.74. The topological polar surface area (TPSA) is 29.4 Å². The predicted molar refractivity (Wildman–Crippen MR) is 51.0 cm³/mol. The summed E-state index contributed by atoms with van der Waals surface area (Å²) >= 11 is 3.08. The fraction of sp³-hybridized carbons (Fsp3) is 0.222. The van der Waals surface area contributed by atoms with Crippen LogP contribution in [0, 0.1) is 0 Å². The van der Waals surface area contributed by atoms with E-state index in [0.29, 0.717) is 4.47 Å². The molecule has 5 heteroatoms. The first-order chi connectivity index (χ1) is 6.56. The quantitative estimate of drug-likeness (QED) is 0.608. The fourth-order valence-electron chi connectivity index (χ4n) is 0.939.